The van der Waals surface area contributed by atoms with Gasteiger partial charge in [-0.05, 0) is 25.5 Å². The van der Waals surface area contributed by atoms with Gasteiger partial charge in [0, 0.05) is 32.0 Å². The van der Waals surface area contributed by atoms with Crippen LogP contribution in [0.4, 0.5) is 0 Å². The van der Waals surface area contributed by atoms with E-state index in [0.29, 0.717) is 6.42 Å². The predicted molar refractivity (Wildman–Crippen MR) is 103 cm³/mol. The number of nitrogens with zero attached hydrogens (tertiary/aromatic N) is 3. The van der Waals surface area contributed by atoms with Crippen LogP contribution in [0.2, 0.25) is 0 Å². The number of fused-ring (bicyclic) bond motifs is 1. The Morgan fingerprint density at radius 2 is 1.84 bits per heavy atom. The van der Waals surface area contributed by atoms with E-state index in [4.69, 9.17) is 4.98 Å². The Bertz CT molecular complexity index is 706. The Hall–Kier alpha value is -1.84. The van der Waals surface area contributed by atoms with E-state index >= 15 is 0 Å². The topological polar surface area (TPSA) is 38.1 Å². The summed E-state index contributed by atoms with van der Waals surface area (Å²) in [6, 6.07) is 8.39. The summed E-state index contributed by atoms with van der Waals surface area (Å²) in [6.45, 7) is 6.94. The first kappa shape index (κ1) is 18.0. The van der Waals surface area contributed by atoms with Gasteiger partial charge >= 0.3 is 0 Å². The highest BCUT2D eigenvalue weighted by atomic mass is 16.2. The highest BCUT2D eigenvalue weighted by molar-refractivity contribution is 5.80. The average Bonchev–Trinajstić information content (AvgIpc) is 3.18. The summed E-state index contributed by atoms with van der Waals surface area (Å²) in [4.78, 5) is 19.0. The molecule has 1 saturated heterocycles. The summed E-state index contributed by atoms with van der Waals surface area (Å²) in [5.41, 5.74) is 2.28. The molecule has 4 nitrogen and oxygen atoms in total. The third-order valence-electron chi connectivity index (χ3n) is 5.38. The normalized spacial score (nSPS) is 17.8. The molecule has 0 spiro atoms. The second-order valence-corrected chi connectivity index (χ2v) is 7.21. The molecule has 1 aromatic heterocycles. The summed E-state index contributed by atoms with van der Waals surface area (Å²) < 4.78 is 2.38. The fourth-order valence-electron chi connectivity index (χ4n) is 3.94. The van der Waals surface area contributed by atoms with Gasteiger partial charge in [-0.25, -0.2) is 4.98 Å². The maximum absolute atomic E-state index is 12.2. The molecule has 1 aliphatic rings. The lowest BCUT2D eigenvalue weighted by Crippen LogP contribution is -2.24. The van der Waals surface area contributed by atoms with Gasteiger partial charge in [0.15, 0.2) is 0 Å². The van der Waals surface area contributed by atoms with Crippen molar-refractivity contribution in [1.82, 2.24) is 14.5 Å². The van der Waals surface area contributed by atoms with Crippen molar-refractivity contribution in [3.05, 3.63) is 30.1 Å². The highest BCUT2D eigenvalue weighted by Crippen LogP contribution is 2.30. The molecule has 4 heteroatoms. The van der Waals surface area contributed by atoms with Gasteiger partial charge in [-0.3, -0.25) is 4.79 Å². The Balaban J connectivity index is 1.75. The van der Waals surface area contributed by atoms with Crippen LogP contribution >= 0.6 is 0 Å². The van der Waals surface area contributed by atoms with E-state index in [1.54, 1.807) is 0 Å². The summed E-state index contributed by atoms with van der Waals surface area (Å²) >= 11 is 0. The average molecular weight is 341 g/mol. The largest absolute Gasteiger partial charge is 0.342 e. The van der Waals surface area contributed by atoms with Crippen LogP contribution in [0.15, 0.2) is 24.3 Å². The lowest BCUT2D eigenvalue weighted by atomic mass is 10.1. The molecule has 3 rings (SSSR count). The lowest BCUT2D eigenvalue weighted by Gasteiger charge is -2.15. The standard InChI is InChI=1S/C21H31N3O/c1-3-5-6-7-8-11-14-24-19-13-10-9-12-18(19)22-21(24)17-15-20(25)23(4-2)16-17/h9-10,12-13,17H,3-8,11,14-16H2,1-2H3. The number of rotatable bonds is 9. The van der Waals surface area contributed by atoms with Gasteiger partial charge in [-0.1, -0.05) is 51.2 Å². The van der Waals surface area contributed by atoms with Crippen molar-refractivity contribution < 1.29 is 4.79 Å². The number of likely N-dealkylation sites (N-methyl/N-ethyl adjacent to an activating group) is 1. The van der Waals surface area contributed by atoms with Crippen LogP contribution < -0.4 is 0 Å². The van der Waals surface area contributed by atoms with Crippen LogP contribution in [0.3, 0.4) is 0 Å². The van der Waals surface area contributed by atoms with Crippen LogP contribution in [0.5, 0.6) is 0 Å². The number of imidazole rings is 1. The van der Waals surface area contributed by atoms with Gasteiger partial charge in [0.1, 0.15) is 5.82 Å². The first-order valence-electron chi connectivity index (χ1n) is 9.97. The molecule has 2 heterocycles. The number of para-hydroxylation sites is 2. The highest BCUT2D eigenvalue weighted by Gasteiger charge is 2.32. The fourth-order valence-corrected chi connectivity index (χ4v) is 3.94. The molecule has 1 atom stereocenters. The summed E-state index contributed by atoms with van der Waals surface area (Å²) in [5, 5.41) is 0. The molecular formula is C21H31N3O. The number of unbranched alkanes of at least 4 members (excludes halogenated alkanes) is 5. The number of hydrogen-bond acceptors (Lipinski definition) is 2. The number of aromatic nitrogens is 2. The Labute approximate surface area is 151 Å². The van der Waals surface area contributed by atoms with Crippen molar-refractivity contribution in [1.29, 1.82) is 0 Å². The number of carbonyl (C=O) groups excluding carboxylic acids is 1. The molecular weight excluding hydrogens is 310 g/mol. The zero-order chi connectivity index (χ0) is 17.6. The molecule has 0 radical (unpaired) electrons. The summed E-state index contributed by atoms with van der Waals surface area (Å²) in [6.07, 6.45) is 8.37. The van der Waals surface area contributed by atoms with Gasteiger partial charge in [0.05, 0.1) is 11.0 Å². The van der Waals surface area contributed by atoms with Gasteiger partial charge in [0.25, 0.3) is 0 Å². The molecule has 0 saturated carbocycles. The number of likely N-dealkylation sites (tertiary alicyclic amines) is 1. The van der Waals surface area contributed by atoms with Crippen LogP contribution in [0.1, 0.15) is 70.5 Å². The van der Waals surface area contributed by atoms with Gasteiger partial charge in [-0.2, -0.15) is 0 Å². The van der Waals surface area contributed by atoms with Crippen LogP contribution in [0.25, 0.3) is 11.0 Å². The van der Waals surface area contributed by atoms with Crippen molar-refractivity contribution in [2.45, 2.75) is 71.3 Å². The number of amides is 1. The molecule has 25 heavy (non-hydrogen) atoms. The monoisotopic (exact) mass is 341 g/mol. The zero-order valence-corrected chi connectivity index (χ0v) is 15.7. The number of hydrogen-bond donors (Lipinski definition) is 0. The van der Waals surface area contributed by atoms with E-state index in [1.807, 2.05) is 11.0 Å². The van der Waals surface area contributed by atoms with Gasteiger partial charge in [-0.15, -0.1) is 0 Å². The van der Waals surface area contributed by atoms with Crippen molar-refractivity contribution in [2.24, 2.45) is 0 Å². The quantitative estimate of drug-likeness (QED) is 0.618. The molecule has 1 fully saturated rings. The van der Waals surface area contributed by atoms with Crippen LogP contribution in [-0.4, -0.2) is 33.4 Å². The molecule has 1 unspecified atom stereocenters. The van der Waals surface area contributed by atoms with Crippen LogP contribution in [-0.2, 0) is 11.3 Å². The third-order valence-corrected chi connectivity index (χ3v) is 5.38. The molecule has 0 N–H and O–H groups in total. The van der Waals surface area contributed by atoms with E-state index in [-0.39, 0.29) is 11.8 Å². The number of carbonyl (C=O) groups is 1. The summed E-state index contributed by atoms with van der Waals surface area (Å²) in [7, 11) is 0. The van der Waals surface area contributed by atoms with Crippen molar-refractivity contribution in [2.75, 3.05) is 13.1 Å². The number of aryl methyl sites for hydroxylation is 1. The molecule has 1 amide bonds. The predicted octanol–water partition coefficient (Wildman–Crippen LogP) is 4.73. The van der Waals surface area contributed by atoms with Crippen molar-refractivity contribution in [3.8, 4) is 0 Å². The molecule has 1 aliphatic heterocycles. The molecule has 0 aliphatic carbocycles. The molecule has 0 bridgehead atoms. The van der Waals surface area contributed by atoms with E-state index in [1.165, 1.54) is 44.0 Å². The second-order valence-electron chi connectivity index (χ2n) is 7.21. The lowest BCUT2D eigenvalue weighted by molar-refractivity contribution is -0.127. The van der Waals surface area contributed by atoms with Crippen molar-refractivity contribution >= 4 is 16.9 Å². The number of benzene rings is 1. The SMILES string of the molecule is CCCCCCCCn1c(C2CC(=O)N(CC)C2)nc2ccccc21. The van der Waals surface area contributed by atoms with E-state index in [9.17, 15) is 4.79 Å². The molecule has 1 aromatic carbocycles. The summed E-state index contributed by atoms with van der Waals surface area (Å²) in [5.74, 6) is 1.62. The molecule has 2 aromatic rings. The zero-order valence-electron chi connectivity index (χ0n) is 15.7. The second kappa shape index (κ2) is 8.50. The fraction of sp³-hybridized carbons (Fsp3) is 0.619. The van der Waals surface area contributed by atoms with Crippen molar-refractivity contribution in [3.63, 3.8) is 0 Å². The van der Waals surface area contributed by atoms with Gasteiger partial charge < -0.3 is 9.47 Å². The van der Waals surface area contributed by atoms with E-state index in [0.717, 1.165) is 31.0 Å². The minimum atomic E-state index is 0.236. The Kier molecular flexibility index (Phi) is 6.11. The minimum absolute atomic E-state index is 0.236. The maximum atomic E-state index is 12.2. The van der Waals surface area contributed by atoms with E-state index in [2.05, 4.69) is 36.6 Å². The molecule has 136 valence electrons. The van der Waals surface area contributed by atoms with Crippen LogP contribution in [0, 0.1) is 0 Å². The smallest absolute Gasteiger partial charge is 0.223 e. The Morgan fingerprint density at radius 3 is 2.60 bits per heavy atom. The first-order valence-corrected chi connectivity index (χ1v) is 9.97. The third kappa shape index (κ3) is 4.05. The minimum Gasteiger partial charge on any atom is -0.342 e. The Morgan fingerprint density at radius 1 is 1.08 bits per heavy atom. The first-order chi connectivity index (χ1) is 12.2. The maximum Gasteiger partial charge on any atom is 0.223 e. The van der Waals surface area contributed by atoms with E-state index < -0.39 is 0 Å². The van der Waals surface area contributed by atoms with Gasteiger partial charge in [0.2, 0.25) is 5.91 Å².